The summed E-state index contributed by atoms with van der Waals surface area (Å²) in [5, 5.41) is 10.6. The van der Waals surface area contributed by atoms with Crippen LogP contribution in [0.2, 0.25) is 0 Å². The summed E-state index contributed by atoms with van der Waals surface area (Å²) in [4.78, 5) is 34.3. The van der Waals surface area contributed by atoms with Crippen molar-refractivity contribution in [3.05, 3.63) is 68.2 Å². The van der Waals surface area contributed by atoms with E-state index in [0.717, 1.165) is 0 Å². The quantitative estimate of drug-likeness (QED) is 0.584. The molecule has 0 aromatic heterocycles. The van der Waals surface area contributed by atoms with Gasteiger partial charge in [-0.15, -0.1) is 0 Å². The standard InChI is InChI=1S/C16H14BrN3O5/c1-2-25-14-8-5-11(17)9-13(14)16(22)19-18-15(21)10-3-6-12(7-4-10)20(23)24/h3-9H,2H2,1H3,(H,18,21)(H,19,22). The summed E-state index contributed by atoms with van der Waals surface area (Å²) in [5.41, 5.74) is 4.84. The average molecular weight is 408 g/mol. The predicted molar refractivity (Wildman–Crippen MR) is 93.3 cm³/mol. The molecule has 0 aliphatic carbocycles. The van der Waals surface area contributed by atoms with Gasteiger partial charge in [-0.05, 0) is 37.3 Å². The minimum atomic E-state index is -0.601. The molecule has 0 saturated heterocycles. The van der Waals surface area contributed by atoms with Gasteiger partial charge in [0, 0.05) is 22.2 Å². The third-order valence-corrected chi connectivity index (χ3v) is 3.61. The fourth-order valence-corrected chi connectivity index (χ4v) is 2.31. The SMILES string of the molecule is CCOc1ccc(Br)cc1C(=O)NNC(=O)c1ccc([N+](=O)[O-])cc1. The number of hydrogen-bond donors (Lipinski definition) is 2. The van der Waals surface area contributed by atoms with Crippen molar-refractivity contribution in [2.75, 3.05) is 6.61 Å². The second kappa shape index (κ2) is 8.25. The number of hydrazine groups is 1. The van der Waals surface area contributed by atoms with E-state index in [1.54, 1.807) is 25.1 Å². The van der Waals surface area contributed by atoms with E-state index in [4.69, 9.17) is 4.74 Å². The lowest BCUT2D eigenvalue weighted by molar-refractivity contribution is -0.384. The van der Waals surface area contributed by atoms with Gasteiger partial charge in [-0.25, -0.2) is 0 Å². The van der Waals surface area contributed by atoms with Crippen LogP contribution in [0.15, 0.2) is 46.9 Å². The van der Waals surface area contributed by atoms with Gasteiger partial charge in [-0.2, -0.15) is 0 Å². The van der Waals surface area contributed by atoms with Crippen molar-refractivity contribution >= 4 is 33.4 Å². The Balaban J connectivity index is 2.05. The van der Waals surface area contributed by atoms with Crippen molar-refractivity contribution in [1.29, 1.82) is 0 Å². The number of hydrogen-bond acceptors (Lipinski definition) is 5. The zero-order valence-corrected chi connectivity index (χ0v) is 14.7. The summed E-state index contributed by atoms with van der Waals surface area (Å²) < 4.78 is 6.07. The first-order chi connectivity index (χ1) is 11.9. The monoisotopic (exact) mass is 407 g/mol. The number of nitrogens with zero attached hydrogens (tertiary/aromatic N) is 1. The molecule has 0 spiro atoms. The van der Waals surface area contributed by atoms with Crippen molar-refractivity contribution in [2.45, 2.75) is 6.92 Å². The molecular formula is C16H14BrN3O5. The number of non-ortho nitro benzene ring substituents is 1. The van der Waals surface area contributed by atoms with Gasteiger partial charge < -0.3 is 4.74 Å². The van der Waals surface area contributed by atoms with Crippen LogP contribution in [0.1, 0.15) is 27.6 Å². The zero-order chi connectivity index (χ0) is 18.4. The molecule has 0 bridgehead atoms. The molecule has 0 aliphatic heterocycles. The van der Waals surface area contributed by atoms with E-state index in [0.29, 0.717) is 16.8 Å². The van der Waals surface area contributed by atoms with E-state index in [1.165, 1.54) is 24.3 Å². The largest absolute Gasteiger partial charge is 0.493 e. The second-order valence-corrected chi connectivity index (χ2v) is 5.70. The molecule has 2 rings (SSSR count). The number of amides is 2. The van der Waals surface area contributed by atoms with Crippen LogP contribution >= 0.6 is 15.9 Å². The van der Waals surface area contributed by atoms with Gasteiger partial charge in [-0.1, -0.05) is 15.9 Å². The molecule has 2 N–H and O–H groups in total. The normalized spacial score (nSPS) is 10.0. The highest BCUT2D eigenvalue weighted by Crippen LogP contribution is 2.23. The van der Waals surface area contributed by atoms with E-state index in [1.807, 2.05) is 0 Å². The topological polar surface area (TPSA) is 111 Å². The predicted octanol–water partition coefficient (Wildman–Crippen LogP) is 2.83. The van der Waals surface area contributed by atoms with Gasteiger partial charge in [0.05, 0.1) is 17.1 Å². The Morgan fingerprint density at radius 1 is 1.12 bits per heavy atom. The lowest BCUT2D eigenvalue weighted by Gasteiger charge is -2.12. The van der Waals surface area contributed by atoms with Crippen LogP contribution < -0.4 is 15.6 Å². The van der Waals surface area contributed by atoms with Crippen molar-refractivity contribution < 1.29 is 19.2 Å². The van der Waals surface area contributed by atoms with E-state index >= 15 is 0 Å². The Morgan fingerprint density at radius 2 is 1.76 bits per heavy atom. The minimum Gasteiger partial charge on any atom is -0.493 e. The van der Waals surface area contributed by atoms with E-state index in [2.05, 4.69) is 26.8 Å². The van der Waals surface area contributed by atoms with Gasteiger partial charge >= 0.3 is 0 Å². The Labute approximate surface area is 151 Å². The number of halogens is 1. The Hall–Kier alpha value is -2.94. The van der Waals surface area contributed by atoms with Crippen molar-refractivity contribution in [3.63, 3.8) is 0 Å². The summed E-state index contributed by atoms with van der Waals surface area (Å²) in [6, 6.07) is 9.95. The molecule has 0 fully saturated rings. The van der Waals surface area contributed by atoms with Crippen LogP contribution in [-0.2, 0) is 0 Å². The highest BCUT2D eigenvalue weighted by Gasteiger charge is 2.15. The second-order valence-electron chi connectivity index (χ2n) is 4.79. The first-order valence-corrected chi connectivity index (χ1v) is 7.99. The number of carbonyl (C=O) groups is 2. The lowest BCUT2D eigenvalue weighted by Crippen LogP contribution is -2.41. The maximum Gasteiger partial charge on any atom is 0.273 e. The molecule has 0 atom stereocenters. The maximum absolute atomic E-state index is 12.3. The molecule has 0 heterocycles. The summed E-state index contributed by atoms with van der Waals surface area (Å²) >= 11 is 3.27. The molecule has 0 radical (unpaired) electrons. The summed E-state index contributed by atoms with van der Waals surface area (Å²) in [5.74, 6) is -0.774. The number of nitro groups is 1. The number of benzene rings is 2. The number of rotatable bonds is 5. The Bertz CT molecular complexity index is 808. The van der Waals surface area contributed by atoms with Gasteiger partial charge in [-0.3, -0.25) is 30.6 Å². The van der Waals surface area contributed by atoms with Gasteiger partial charge in [0.15, 0.2) is 0 Å². The van der Waals surface area contributed by atoms with E-state index < -0.39 is 16.7 Å². The number of nitro benzene ring substituents is 1. The summed E-state index contributed by atoms with van der Waals surface area (Å²) in [6.07, 6.45) is 0. The summed E-state index contributed by atoms with van der Waals surface area (Å²) in [6.45, 7) is 2.18. The number of nitrogens with one attached hydrogen (secondary N) is 2. The first kappa shape index (κ1) is 18.4. The maximum atomic E-state index is 12.3. The fourth-order valence-electron chi connectivity index (χ4n) is 1.95. The molecule has 25 heavy (non-hydrogen) atoms. The molecule has 2 aromatic rings. The highest BCUT2D eigenvalue weighted by molar-refractivity contribution is 9.10. The van der Waals surface area contributed by atoms with Crippen LogP contribution in [0.4, 0.5) is 5.69 Å². The van der Waals surface area contributed by atoms with Crippen molar-refractivity contribution in [3.8, 4) is 5.75 Å². The van der Waals surface area contributed by atoms with Crippen LogP contribution in [0.5, 0.6) is 5.75 Å². The van der Waals surface area contributed by atoms with Crippen molar-refractivity contribution in [1.82, 2.24) is 10.9 Å². The Morgan fingerprint density at radius 3 is 2.36 bits per heavy atom. The molecule has 8 nitrogen and oxygen atoms in total. The molecule has 0 saturated carbocycles. The van der Waals surface area contributed by atoms with E-state index in [9.17, 15) is 19.7 Å². The zero-order valence-electron chi connectivity index (χ0n) is 13.1. The third kappa shape index (κ3) is 4.77. The molecule has 2 amide bonds. The van der Waals surface area contributed by atoms with Crippen LogP contribution in [0, 0.1) is 10.1 Å². The van der Waals surface area contributed by atoms with E-state index in [-0.39, 0.29) is 16.8 Å². The van der Waals surface area contributed by atoms with Crippen LogP contribution in [0.3, 0.4) is 0 Å². The lowest BCUT2D eigenvalue weighted by atomic mass is 10.2. The number of ether oxygens (including phenoxy) is 1. The molecule has 130 valence electrons. The minimum absolute atomic E-state index is 0.129. The third-order valence-electron chi connectivity index (χ3n) is 3.12. The molecule has 0 unspecified atom stereocenters. The first-order valence-electron chi connectivity index (χ1n) is 7.20. The smallest absolute Gasteiger partial charge is 0.273 e. The van der Waals surface area contributed by atoms with Crippen LogP contribution in [0.25, 0.3) is 0 Å². The van der Waals surface area contributed by atoms with Gasteiger partial charge in [0.25, 0.3) is 17.5 Å². The molecule has 0 aliphatic rings. The van der Waals surface area contributed by atoms with Gasteiger partial charge in [0.2, 0.25) is 0 Å². The fraction of sp³-hybridized carbons (Fsp3) is 0.125. The molecular weight excluding hydrogens is 394 g/mol. The molecule has 2 aromatic carbocycles. The Kier molecular flexibility index (Phi) is 6.07. The summed E-state index contributed by atoms with van der Waals surface area (Å²) in [7, 11) is 0. The average Bonchev–Trinajstić information content (AvgIpc) is 2.61. The highest BCUT2D eigenvalue weighted by atomic mass is 79.9. The van der Waals surface area contributed by atoms with Crippen molar-refractivity contribution in [2.24, 2.45) is 0 Å². The van der Waals surface area contributed by atoms with Gasteiger partial charge in [0.1, 0.15) is 5.75 Å². The molecule has 9 heteroatoms. The number of carbonyl (C=O) groups excluding carboxylic acids is 2. The van der Waals surface area contributed by atoms with Crippen LogP contribution in [-0.4, -0.2) is 23.3 Å².